The number of hydrogen-bond acceptors (Lipinski definition) is 5. The van der Waals surface area contributed by atoms with Crippen LogP contribution in [-0.4, -0.2) is 35.9 Å². The lowest BCUT2D eigenvalue weighted by Crippen LogP contribution is -2.31. The van der Waals surface area contributed by atoms with Gasteiger partial charge in [0.25, 0.3) is 0 Å². The highest BCUT2D eigenvalue weighted by Crippen LogP contribution is 2.34. The van der Waals surface area contributed by atoms with Crippen LogP contribution in [0.3, 0.4) is 0 Å². The van der Waals surface area contributed by atoms with E-state index >= 15 is 0 Å². The Labute approximate surface area is 107 Å². The molecule has 18 heavy (non-hydrogen) atoms. The van der Waals surface area contributed by atoms with Gasteiger partial charge in [0.2, 0.25) is 5.89 Å². The molecule has 0 aromatic carbocycles. The van der Waals surface area contributed by atoms with Gasteiger partial charge in [0.1, 0.15) is 0 Å². The molecule has 3 atom stereocenters. The molecule has 1 aliphatic carbocycles. The van der Waals surface area contributed by atoms with E-state index in [1.165, 1.54) is 12.8 Å². The summed E-state index contributed by atoms with van der Waals surface area (Å²) in [5, 5.41) is 7.66. The summed E-state index contributed by atoms with van der Waals surface area (Å²) < 4.78 is 10.9. The highest BCUT2D eigenvalue weighted by molar-refractivity contribution is 5.05. The van der Waals surface area contributed by atoms with Crippen LogP contribution in [-0.2, 0) is 4.74 Å². The van der Waals surface area contributed by atoms with Gasteiger partial charge in [0.05, 0.1) is 12.5 Å². The molecule has 0 spiro atoms. The van der Waals surface area contributed by atoms with Crippen molar-refractivity contribution in [2.75, 3.05) is 19.8 Å². The molecule has 2 fully saturated rings. The van der Waals surface area contributed by atoms with Crippen LogP contribution in [0, 0.1) is 0 Å². The van der Waals surface area contributed by atoms with E-state index in [-0.39, 0.29) is 0 Å². The second kappa shape index (κ2) is 5.36. The fourth-order valence-electron chi connectivity index (χ4n) is 3.06. The van der Waals surface area contributed by atoms with Crippen molar-refractivity contribution in [1.82, 2.24) is 15.5 Å². The Kier molecular flexibility index (Phi) is 3.61. The Morgan fingerprint density at radius 2 is 2.28 bits per heavy atom. The Balaban J connectivity index is 1.71. The molecule has 1 saturated heterocycles. The predicted molar refractivity (Wildman–Crippen MR) is 66.5 cm³/mol. The minimum absolute atomic E-state index is 0.335. The highest BCUT2D eigenvalue weighted by atomic mass is 16.5. The van der Waals surface area contributed by atoms with Gasteiger partial charge in [-0.15, -0.1) is 0 Å². The van der Waals surface area contributed by atoms with Crippen LogP contribution in [0.1, 0.15) is 56.2 Å². The van der Waals surface area contributed by atoms with Gasteiger partial charge in [0.15, 0.2) is 5.82 Å². The molecular formula is C13H21N3O2. The molecular weight excluding hydrogens is 230 g/mol. The molecule has 3 unspecified atom stereocenters. The number of likely N-dealkylation sites (N-methyl/N-ethyl adjacent to an activating group) is 1. The molecule has 3 rings (SSSR count). The fourth-order valence-corrected chi connectivity index (χ4v) is 3.06. The molecule has 5 nitrogen and oxygen atoms in total. The van der Waals surface area contributed by atoms with Gasteiger partial charge in [-0.1, -0.05) is 18.5 Å². The van der Waals surface area contributed by atoms with Gasteiger partial charge < -0.3 is 14.6 Å². The van der Waals surface area contributed by atoms with Crippen molar-refractivity contribution in [2.45, 2.75) is 50.5 Å². The Hall–Kier alpha value is -0.940. The zero-order valence-electron chi connectivity index (χ0n) is 10.9. The number of nitrogens with zero attached hydrogens (tertiary/aromatic N) is 2. The van der Waals surface area contributed by atoms with Crippen molar-refractivity contribution in [3.8, 4) is 0 Å². The number of rotatable bonds is 4. The predicted octanol–water partition coefficient (Wildman–Crippen LogP) is 1.82. The van der Waals surface area contributed by atoms with E-state index in [9.17, 15) is 0 Å². The molecule has 0 amide bonds. The molecule has 0 radical (unpaired) electrons. The normalized spacial score (nSPS) is 32.2. The summed E-state index contributed by atoms with van der Waals surface area (Å²) in [6, 6.07) is 0.503. The summed E-state index contributed by atoms with van der Waals surface area (Å²) in [7, 11) is 0. The molecule has 0 bridgehead atoms. The monoisotopic (exact) mass is 251 g/mol. The van der Waals surface area contributed by atoms with E-state index in [4.69, 9.17) is 9.26 Å². The van der Waals surface area contributed by atoms with E-state index < -0.39 is 0 Å². The largest absolute Gasteiger partial charge is 0.381 e. The van der Waals surface area contributed by atoms with Crippen molar-refractivity contribution < 1.29 is 9.26 Å². The van der Waals surface area contributed by atoms with Crippen LogP contribution < -0.4 is 5.32 Å². The van der Waals surface area contributed by atoms with E-state index in [0.29, 0.717) is 17.9 Å². The lowest BCUT2D eigenvalue weighted by Gasteiger charge is -2.16. The molecule has 1 N–H and O–H groups in total. The van der Waals surface area contributed by atoms with E-state index in [1.807, 2.05) is 0 Å². The van der Waals surface area contributed by atoms with Crippen LogP contribution in [0.25, 0.3) is 0 Å². The van der Waals surface area contributed by atoms with Crippen molar-refractivity contribution in [3.05, 3.63) is 11.7 Å². The summed E-state index contributed by atoms with van der Waals surface area (Å²) >= 11 is 0. The number of nitrogens with one attached hydrogen (secondary N) is 1. The maximum atomic E-state index is 5.48. The SMILES string of the molecule is CCNC1CCCC1c1nc(C2CCOC2)no1. The number of hydrogen-bond donors (Lipinski definition) is 1. The second-order valence-corrected chi connectivity index (χ2v) is 5.25. The third kappa shape index (κ3) is 2.29. The first-order valence-electron chi connectivity index (χ1n) is 7.03. The summed E-state index contributed by atoms with van der Waals surface area (Å²) in [5.41, 5.74) is 0. The van der Waals surface area contributed by atoms with Gasteiger partial charge in [-0.25, -0.2) is 0 Å². The quantitative estimate of drug-likeness (QED) is 0.884. The molecule has 2 aliphatic rings. The third-order valence-corrected chi connectivity index (χ3v) is 4.05. The first-order chi connectivity index (χ1) is 8.88. The van der Waals surface area contributed by atoms with Crippen molar-refractivity contribution in [2.24, 2.45) is 0 Å². The standard InChI is InChI=1S/C13H21N3O2/c1-2-14-11-5-3-4-10(11)13-15-12(16-18-13)9-6-7-17-8-9/h9-11,14H,2-8H2,1H3. The Morgan fingerprint density at radius 3 is 3.06 bits per heavy atom. The Bertz CT molecular complexity index is 387. The van der Waals surface area contributed by atoms with Crippen LogP contribution in [0.4, 0.5) is 0 Å². The minimum Gasteiger partial charge on any atom is -0.381 e. The second-order valence-electron chi connectivity index (χ2n) is 5.25. The van der Waals surface area contributed by atoms with Gasteiger partial charge in [-0.3, -0.25) is 0 Å². The first kappa shape index (κ1) is 12.1. The van der Waals surface area contributed by atoms with Crippen LogP contribution in [0.15, 0.2) is 4.52 Å². The summed E-state index contributed by atoms with van der Waals surface area (Å²) in [5.74, 6) is 2.39. The van der Waals surface area contributed by atoms with E-state index in [0.717, 1.165) is 44.3 Å². The van der Waals surface area contributed by atoms with Gasteiger partial charge in [-0.05, 0) is 25.8 Å². The van der Waals surface area contributed by atoms with Gasteiger partial charge >= 0.3 is 0 Å². The minimum atomic E-state index is 0.335. The Morgan fingerprint density at radius 1 is 1.33 bits per heavy atom. The van der Waals surface area contributed by atoms with Gasteiger partial charge in [0, 0.05) is 18.6 Å². The molecule has 2 heterocycles. The van der Waals surface area contributed by atoms with Crippen molar-refractivity contribution >= 4 is 0 Å². The average Bonchev–Trinajstić information content (AvgIpc) is 3.10. The fraction of sp³-hybridized carbons (Fsp3) is 0.846. The summed E-state index contributed by atoms with van der Waals surface area (Å²) in [4.78, 5) is 4.61. The third-order valence-electron chi connectivity index (χ3n) is 4.05. The van der Waals surface area contributed by atoms with Crippen LogP contribution in [0.5, 0.6) is 0 Å². The molecule has 1 aliphatic heterocycles. The maximum absolute atomic E-state index is 5.48. The smallest absolute Gasteiger partial charge is 0.231 e. The number of aromatic nitrogens is 2. The number of ether oxygens (including phenoxy) is 1. The lowest BCUT2D eigenvalue weighted by atomic mass is 10.0. The van der Waals surface area contributed by atoms with E-state index in [2.05, 4.69) is 22.4 Å². The van der Waals surface area contributed by atoms with Gasteiger partial charge in [-0.2, -0.15) is 4.98 Å². The molecule has 100 valence electrons. The summed E-state index contributed by atoms with van der Waals surface area (Å²) in [6.07, 6.45) is 4.62. The van der Waals surface area contributed by atoms with Crippen LogP contribution >= 0.6 is 0 Å². The van der Waals surface area contributed by atoms with Crippen LogP contribution in [0.2, 0.25) is 0 Å². The topological polar surface area (TPSA) is 60.2 Å². The molecule has 1 aromatic rings. The zero-order chi connectivity index (χ0) is 12.4. The molecule has 5 heteroatoms. The summed E-state index contributed by atoms with van der Waals surface area (Å²) in [6.45, 7) is 4.70. The zero-order valence-corrected chi connectivity index (χ0v) is 10.9. The lowest BCUT2D eigenvalue weighted by molar-refractivity contribution is 0.192. The first-order valence-corrected chi connectivity index (χ1v) is 7.03. The van der Waals surface area contributed by atoms with E-state index in [1.54, 1.807) is 0 Å². The molecule has 1 saturated carbocycles. The van der Waals surface area contributed by atoms with Crippen molar-refractivity contribution in [3.63, 3.8) is 0 Å². The maximum Gasteiger partial charge on any atom is 0.231 e. The average molecular weight is 251 g/mol. The highest BCUT2D eigenvalue weighted by Gasteiger charge is 2.33. The molecule has 1 aromatic heterocycles. The van der Waals surface area contributed by atoms with Crippen molar-refractivity contribution in [1.29, 1.82) is 0 Å².